The molecule has 9 heteroatoms. The third kappa shape index (κ3) is 8.84. The summed E-state index contributed by atoms with van der Waals surface area (Å²) in [5.41, 5.74) is 8.47. The Bertz CT molecular complexity index is 876. The molecule has 0 spiro atoms. The van der Waals surface area contributed by atoms with E-state index in [9.17, 15) is 14.0 Å². The van der Waals surface area contributed by atoms with Crippen molar-refractivity contribution in [2.45, 2.75) is 19.8 Å². The van der Waals surface area contributed by atoms with Crippen molar-refractivity contribution >= 4 is 40.8 Å². The van der Waals surface area contributed by atoms with Crippen molar-refractivity contribution in [1.82, 2.24) is 5.32 Å². The van der Waals surface area contributed by atoms with Crippen molar-refractivity contribution < 1.29 is 18.7 Å². The molecule has 2 aromatic rings. The second-order valence-corrected chi connectivity index (χ2v) is 7.95. The second kappa shape index (κ2) is 14.0. The zero-order valence-electron chi connectivity index (χ0n) is 18.5. The number of nitrogens with two attached hydrogens (primary N) is 1. The number of hydrogen-bond acceptors (Lipinski definition) is 5. The highest BCUT2D eigenvalue weighted by Gasteiger charge is 2.27. The topological polar surface area (TPSA) is 84.7 Å². The van der Waals surface area contributed by atoms with Crippen molar-refractivity contribution in [1.29, 1.82) is 0 Å². The third-order valence-electron chi connectivity index (χ3n) is 4.78. The molecular formula is C24H28Cl2FN3O3. The molecule has 0 aliphatic rings. The highest BCUT2D eigenvalue weighted by molar-refractivity contribution is 6.18. The number of halogens is 3. The maximum atomic E-state index is 13.2. The molecule has 0 aromatic heterocycles. The number of benzene rings is 2. The number of nitrogens with zero attached hydrogens (tertiary/aromatic N) is 1. The van der Waals surface area contributed by atoms with Crippen LogP contribution in [0.2, 0.25) is 0 Å². The van der Waals surface area contributed by atoms with E-state index in [2.05, 4.69) is 10.2 Å². The van der Waals surface area contributed by atoms with Gasteiger partial charge in [-0.3, -0.25) is 4.79 Å². The number of anilines is 1. The molecule has 0 aliphatic heterocycles. The molecule has 0 bridgehead atoms. The Balaban J connectivity index is 2.02. The van der Waals surface area contributed by atoms with Crippen LogP contribution in [-0.4, -0.2) is 43.3 Å². The molecule has 0 saturated carbocycles. The normalized spacial score (nSPS) is 11.0. The van der Waals surface area contributed by atoms with Gasteiger partial charge in [0, 0.05) is 43.4 Å². The Hall–Kier alpha value is -2.35. The van der Waals surface area contributed by atoms with Gasteiger partial charge in [0.05, 0.1) is 6.61 Å². The minimum absolute atomic E-state index is 0.0320. The van der Waals surface area contributed by atoms with Crippen LogP contribution in [0.25, 0.3) is 0 Å². The van der Waals surface area contributed by atoms with Crippen LogP contribution >= 0.6 is 23.2 Å². The highest BCUT2D eigenvalue weighted by Crippen LogP contribution is 2.18. The molecule has 0 unspecified atom stereocenters. The van der Waals surface area contributed by atoms with Crippen LogP contribution in [0.5, 0.6) is 0 Å². The lowest BCUT2D eigenvalue weighted by atomic mass is 10.0. The number of hydrogen-bond donors (Lipinski definition) is 2. The standard InChI is InChI=1S/C24H28Cl2FN3O3/c1-2-33-24(32)22(16-18-3-7-19(27)8-4-18)29-23(31)21(28)15-17-5-9-20(10-6-17)30(13-11-25)14-12-26/h3-10H,2,11-16,28H2,1H3,(H,29,31). The van der Waals surface area contributed by atoms with Crippen LogP contribution in [0.15, 0.2) is 48.5 Å². The van der Waals surface area contributed by atoms with Gasteiger partial charge in [-0.2, -0.15) is 0 Å². The fourth-order valence-corrected chi connectivity index (χ4v) is 3.52. The average molecular weight is 496 g/mol. The summed E-state index contributed by atoms with van der Waals surface area (Å²) in [5.74, 6) is -0.674. The summed E-state index contributed by atoms with van der Waals surface area (Å²) in [6.45, 7) is 3.16. The summed E-state index contributed by atoms with van der Waals surface area (Å²) in [4.78, 5) is 27.0. The molecule has 1 amide bonds. The molecule has 2 rings (SSSR count). The van der Waals surface area contributed by atoms with Crippen molar-refractivity contribution in [3.8, 4) is 0 Å². The minimum Gasteiger partial charge on any atom is -0.464 e. The van der Waals surface area contributed by atoms with Crippen LogP contribution in [0.3, 0.4) is 0 Å². The Morgan fingerprint density at radius 1 is 0.970 bits per heavy atom. The lowest BCUT2D eigenvalue weighted by Gasteiger charge is -2.23. The van der Waals surface area contributed by atoms with Crippen LogP contribution in [-0.2, 0) is 27.2 Å². The molecule has 0 atom stereocenters. The molecular weight excluding hydrogens is 468 g/mol. The van der Waals surface area contributed by atoms with Gasteiger partial charge in [-0.25, -0.2) is 9.18 Å². The van der Waals surface area contributed by atoms with Gasteiger partial charge in [-0.15, -0.1) is 23.2 Å². The average Bonchev–Trinajstić information content (AvgIpc) is 2.80. The molecule has 6 nitrogen and oxygen atoms in total. The minimum atomic E-state index is -0.661. The van der Waals surface area contributed by atoms with E-state index in [1.54, 1.807) is 6.92 Å². The summed E-state index contributed by atoms with van der Waals surface area (Å²) < 4.78 is 18.2. The molecule has 178 valence electrons. The molecule has 2 aromatic carbocycles. The number of carbonyl (C=O) groups is 2. The number of carbonyl (C=O) groups excluding carboxylic acids is 2. The number of nitrogens with one attached hydrogen (secondary N) is 1. The Labute approximate surface area is 204 Å². The summed E-state index contributed by atoms with van der Waals surface area (Å²) >= 11 is 11.7. The summed E-state index contributed by atoms with van der Waals surface area (Å²) in [5, 5.41) is 2.56. The van der Waals surface area contributed by atoms with E-state index in [0.29, 0.717) is 30.4 Å². The van der Waals surface area contributed by atoms with E-state index in [1.807, 2.05) is 24.3 Å². The SMILES string of the molecule is CCOC(=O)[C](Cc1ccc(F)cc1)NC(=O)[C](N)Cc1ccc(N(CCCl)CCCl)cc1. The fourth-order valence-electron chi connectivity index (χ4n) is 3.11. The predicted molar refractivity (Wildman–Crippen MR) is 129 cm³/mol. The van der Waals surface area contributed by atoms with Crippen molar-refractivity contribution in [3.63, 3.8) is 0 Å². The Kier molecular flexibility index (Phi) is 11.4. The van der Waals surface area contributed by atoms with Gasteiger partial charge >= 0.3 is 5.97 Å². The molecule has 0 aliphatic carbocycles. The fraction of sp³-hybridized carbons (Fsp3) is 0.333. The highest BCUT2D eigenvalue weighted by atomic mass is 35.5. The maximum absolute atomic E-state index is 13.2. The van der Waals surface area contributed by atoms with Gasteiger partial charge in [0.1, 0.15) is 11.9 Å². The van der Waals surface area contributed by atoms with Crippen LogP contribution in [0.4, 0.5) is 10.1 Å². The zero-order valence-corrected chi connectivity index (χ0v) is 20.0. The van der Waals surface area contributed by atoms with Crippen molar-refractivity contribution in [2.24, 2.45) is 5.73 Å². The number of amides is 1. The van der Waals surface area contributed by atoms with Crippen LogP contribution in [0, 0.1) is 17.9 Å². The smallest absolute Gasteiger partial charge is 0.335 e. The van der Waals surface area contributed by atoms with E-state index >= 15 is 0 Å². The lowest BCUT2D eigenvalue weighted by molar-refractivity contribution is -0.142. The number of ether oxygens (including phenoxy) is 1. The first-order chi connectivity index (χ1) is 15.9. The molecule has 0 heterocycles. The molecule has 33 heavy (non-hydrogen) atoms. The van der Waals surface area contributed by atoms with Crippen LogP contribution in [0.1, 0.15) is 18.1 Å². The Morgan fingerprint density at radius 2 is 1.52 bits per heavy atom. The van der Waals surface area contributed by atoms with Gasteiger partial charge in [0.2, 0.25) is 5.91 Å². The third-order valence-corrected chi connectivity index (χ3v) is 5.12. The van der Waals surface area contributed by atoms with Gasteiger partial charge in [0.15, 0.2) is 6.04 Å². The molecule has 2 radical (unpaired) electrons. The van der Waals surface area contributed by atoms with Crippen molar-refractivity contribution in [3.05, 3.63) is 77.6 Å². The number of esters is 1. The van der Waals surface area contributed by atoms with Crippen molar-refractivity contribution in [2.75, 3.05) is 36.4 Å². The maximum Gasteiger partial charge on any atom is 0.335 e. The van der Waals surface area contributed by atoms with E-state index in [-0.39, 0.29) is 31.5 Å². The van der Waals surface area contributed by atoms with Gasteiger partial charge in [-0.1, -0.05) is 24.3 Å². The van der Waals surface area contributed by atoms with Gasteiger partial charge in [-0.05, 0) is 42.3 Å². The first kappa shape index (κ1) is 26.9. The van der Waals surface area contributed by atoms with E-state index < -0.39 is 17.7 Å². The summed E-state index contributed by atoms with van der Waals surface area (Å²) in [6.07, 6.45) is 0.271. The first-order valence-electron chi connectivity index (χ1n) is 10.5. The summed E-state index contributed by atoms with van der Waals surface area (Å²) in [6, 6.07) is 13.3. The van der Waals surface area contributed by atoms with Crippen LogP contribution < -0.4 is 16.0 Å². The molecule has 3 N–H and O–H groups in total. The quantitative estimate of drug-likeness (QED) is 0.327. The number of alkyl halides is 2. The lowest BCUT2D eigenvalue weighted by Crippen LogP contribution is -2.42. The van der Waals surface area contributed by atoms with E-state index in [1.165, 1.54) is 24.3 Å². The predicted octanol–water partition coefficient (Wildman–Crippen LogP) is 3.60. The molecule has 0 fully saturated rings. The summed E-state index contributed by atoms with van der Waals surface area (Å²) in [7, 11) is 0. The zero-order chi connectivity index (χ0) is 24.2. The first-order valence-corrected chi connectivity index (χ1v) is 11.6. The Morgan fingerprint density at radius 3 is 2.06 bits per heavy atom. The monoisotopic (exact) mass is 495 g/mol. The van der Waals surface area contributed by atoms with Gasteiger partial charge in [0.25, 0.3) is 0 Å². The molecule has 0 saturated heterocycles. The largest absolute Gasteiger partial charge is 0.464 e. The second-order valence-electron chi connectivity index (χ2n) is 7.19. The van der Waals surface area contributed by atoms with E-state index in [0.717, 1.165) is 11.3 Å². The van der Waals surface area contributed by atoms with Gasteiger partial charge < -0.3 is 20.7 Å². The number of rotatable bonds is 13. The van der Waals surface area contributed by atoms with E-state index in [4.69, 9.17) is 33.7 Å².